The van der Waals surface area contributed by atoms with Gasteiger partial charge in [0.25, 0.3) is 0 Å². The van der Waals surface area contributed by atoms with E-state index in [1.54, 1.807) is 0 Å². The average Bonchev–Trinajstić information content (AvgIpc) is 2.83. The van der Waals surface area contributed by atoms with Crippen molar-refractivity contribution in [3.63, 3.8) is 0 Å². The topological polar surface area (TPSA) is 75.6 Å². The number of esters is 1. The summed E-state index contributed by atoms with van der Waals surface area (Å²) in [5.74, 6) is 1.19. The molecule has 0 unspecified atom stereocenters. The fourth-order valence-electron chi connectivity index (χ4n) is 3.20. The van der Waals surface area contributed by atoms with E-state index < -0.39 is 14.0 Å². The van der Waals surface area contributed by atoms with E-state index in [0.29, 0.717) is 30.2 Å². The molecule has 0 aromatic heterocycles. The molecule has 0 spiro atoms. The van der Waals surface area contributed by atoms with Gasteiger partial charge in [-0.1, -0.05) is 62.4 Å². The van der Waals surface area contributed by atoms with Crippen molar-refractivity contribution >= 4 is 24.9 Å². The van der Waals surface area contributed by atoms with Gasteiger partial charge in [-0.25, -0.2) is 4.79 Å². The zero-order valence-electron chi connectivity index (χ0n) is 22.0. The molecule has 0 aliphatic rings. The Balaban J connectivity index is 2.16. The first-order valence-electron chi connectivity index (χ1n) is 11.6. The Morgan fingerprint density at radius 1 is 1.09 bits per heavy atom. The number of ether oxygens (including phenoxy) is 4. The molecular formula is C27H37NO6Si. The number of para-hydroxylation sites is 1. The van der Waals surface area contributed by atoms with Gasteiger partial charge in [0.15, 0.2) is 0 Å². The van der Waals surface area contributed by atoms with Crippen LogP contribution in [-0.4, -0.2) is 46.8 Å². The van der Waals surface area contributed by atoms with Crippen molar-refractivity contribution in [2.75, 3.05) is 27.1 Å². The third-order valence-electron chi connectivity index (χ3n) is 5.25. The Labute approximate surface area is 209 Å². The molecule has 0 aliphatic carbocycles. The van der Waals surface area contributed by atoms with E-state index >= 15 is 0 Å². The molecule has 0 saturated carbocycles. The lowest BCUT2D eigenvalue weighted by Crippen LogP contribution is -2.46. The molecule has 7 nitrogen and oxygen atoms in total. The highest BCUT2D eigenvalue weighted by Crippen LogP contribution is 2.23. The van der Waals surface area contributed by atoms with Crippen LogP contribution in [0.5, 0.6) is 11.5 Å². The van der Waals surface area contributed by atoms with Crippen LogP contribution in [0.3, 0.4) is 0 Å². The van der Waals surface area contributed by atoms with Crippen molar-refractivity contribution in [3.8, 4) is 11.5 Å². The number of hydrogen-bond donors (Lipinski definition) is 0. The number of methoxy groups -OCH3 is 2. The minimum Gasteiger partial charge on any atom is -0.500 e. The largest absolute Gasteiger partial charge is 0.500 e. The molecule has 2 rings (SSSR count). The van der Waals surface area contributed by atoms with Crippen LogP contribution in [0, 0.1) is 12.8 Å². The van der Waals surface area contributed by atoms with Crippen LogP contribution in [-0.2, 0) is 19.1 Å². The van der Waals surface area contributed by atoms with Gasteiger partial charge in [-0.05, 0) is 42.6 Å². The van der Waals surface area contributed by atoms with Crippen LogP contribution in [0.15, 0.2) is 59.6 Å². The maximum atomic E-state index is 11.9. The van der Waals surface area contributed by atoms with E-state index in [4.69, 9.17) is 23.8 Å². The van der Waals surface area contributed by atoms with Crippen molar-refractivity contribution in [1.82, 2.24) is 0 Å². The molecular weight excluding hydrogens is 462 g/mol. The zero-order valence-corrected chi connectivity index (χ0v) is 23.0. The summed E-state index contributed by atoms with van der Waals surface area (Å²) in [5, 5.41) is 5.58. The molecule has 0 atom stereocenters. The Bertz CT molecular complexity index is 1060. The second kappa shape index (κ2) is 13.0. The van der Waals surface area contributed by atoms with Crippen molar-refractivity contribution in [2.45, 2.75) is 40.8 Å². The monoisotopic (exact) mass is 499 g/mol. The molecule has 190 valence electrons. The normalized spacial score (nSPS) is 12.4. The fraction of sp³-hybridized carbons (Fsp3) is 0.407. The van der Waals surface area contributed by atoms with Crippen LogP contribution in [0.25, 0.3) is 0 Å². The lowest BCUT2D eigenvalue weighted by atomic mass is 10.1. The molecule has 35 heavy (non-hydrogen) atoms. The van der Waals surface area contributed by atoms with Gasteiger partial charge in [0.1, 0.15) is 32.1 Å². The third-order valence-corrected chi connectivity index (χ3v) is 7.97. The summed E-state index contributed by atoms with van der Waals surface area (Å²) in [6.07, 6.45) is 1.71. The number of carbonyl (C=O) groups is 1. The molecule has 0 bridgehead atoms. The number of hydrogen-bond acceptors (Lipinski definition) is 7. The van der Waals surface area contributed by atoms with Gasteiger partial charge >= 0.3 is 5.97 Å². The highest BCUT2D eigenvalue weighted by Gasteiger charge is 2.28. The van der Waals surface area contributed by atoms with Crippen molar-refractivity contribution in [3.05, 3.63) is 65.6 Å². The molecule has 0 saturated heterocycles. The zero-order chi connectivity index (χ0) is 26.0. The Kier molecular flexibility index (Phi) is 10.4. The summed E-state index contributed by atoms with van der Waals surface area (Å²) in [6, 6.07) is 13.8. The van der Waals surface area contributed by atoms with Crippen molar-refractivity contribution < 1.29 is 28.6 Å². The third kappa shape index (κ3) is 8.17. The van der Waals surface area contributed by atoms with Crippen LogP contribution >= 0.6 is 0 Å². The minimum absolute atomic E-state index is 0.0489. The van der Waals surface area contributed by atoms with Crippen LogP contribution in [0.4, 0.5) is 0 Å². The van der Waals surface area contributed by atoms with Gasteiger partial charge < -0.3 is 23.8 Å². The average molecular weight is 500 g/mol. The SMILES string of the molecule is COC=C(Oc1cc(C(C)=NOC[Si](C)(C)c2ccccc2OCC(C)C)ccc1C)C(=O)OC. The molecule has 0 amide bonds. The lowest BCUT2D eigenvalue weighted by molar-refractivity contribution is -0.138. The first-order chi connectivity index (χ1) is 16.6. The predicted octanol–water partition coefficient (Wildman–Crippen LogP) is 4.96. The number of benzene rings is 2. The quantitative estimate of drug-likeness (QED) is 0.103. The molecule has 0 radical (unpaired) electrons. The van der Waals surface area contributed by atoms with E-state index in [2.05, 4.69) is 38.2 Å². The molecule has 2 aromatic carbocycles. The van der Waals surface area contributed by atoms with E-state index in [0.717, 1.165) is 16.9 Å². The fourth-order valence-corrected chi connectivity index (χ4v) is 5.12. The smallest absolute Gasteiger partial charge is 0.377 e. The number of nitrogens with zero attached hydrogens (tertiary/aromatic N) is 1. The van der Waals surface area contributed by atoms with Gasteiger partial charge in [-0.2, -0.15) is 0 Å². The van der Waals surface area contributed by atoms with Gasteiger partial charge in [0.2, 0.25) is 5.76 Å². The van der Waals surface area contributed by atoms with Gasteiger partial charge in [0, 0.05) is 5.56 Å². The number of aryl methyl sites for hydroxylation is 1. The second-order valence-corrected chi connectivity index (χ2v) is 13.9. The molecule has 0 N–H and O–H groups in total. The van der Waals surface area contributed by atoms with Gasteiger partial charge in [-0.3, -0.25) is 0 Å². The van der Waals surface area contributed by atoms with E-state index in [1.165, 1.54) is 25.7 Å². The van der Waals surface area contributed by atoms with Crippen LogP contribution in [0.1, 0.15) is 31.9 Å². The lowest BCUT2D eigenvalue weighted by Gasteiger charge is -2.24. The maximum absolute atomic E-state index is 11.9. The molecule has 0 fully saturated rings. The number of carbonyl (C=O) groups excluding carboxylic acids is 1. The predicted molar refractivity (Wildman–Crippen MR) is 141 cm³/mol. The standard InChI is InChI=1S/C27H37NO6Si/c1-19(2)16-32-23-11-9-10-12-26(23)35(7,8)18-33-28-21(4)22-14-13-20(3)24(15-22)34-25(17-30-5)27(29)31-6/h9-15,17,19H,16,18H2,1-8H3. The van der Waals surface area contributed by atoms with Gasteiger partial charge in [-0.15, -0.1) is 0 Å². The van der Waals surface area contributed by atoms with E-state index in [1.807, 2.05) is 50.2 Å². The number of rotatable bonds is 12. The van der Waals surface area contributed by atoms with Crippen LogP contribution < -0.4 is 14.7 Å². The minimum atomic E-state index is -1.98. The maximum Gasteiger partial charge on any atom is 0.377 e. The Hall–Kier alpha value is -3.26. The van der Waals surface area contributed by atoms with Crippen molar-refractivity contribution in [1.29, 1.82) is 0 Å². The summed E-state index contributed by atoms with van der Waals surface area (Å²) < 4.78 is 21.5. The summed E-state index contributed by atoms with van der Waals surface area (Å²) >= 11 is 0. The molecule has 0 aliphatic heterocycles. The highest BCUT2D eigenvalue weighted by molar-refractivity contribution is 6.90. The molecule has 2 aromatic rings. The van der Waals surface area contributed by atoms with E-state index in [9.17, 15) is 4.79 Å². The van der Waals surface area contributed by atoms with Crippen molar-refractivity contribution in [2.24, 2.45) is 11.1 Å². The summed E-state index contributed by atoms with van der Waals surface area (Å²) in [5.41, 5.74) is 2.35. The highest BCUT2D eigenvalue weighted by atomic mass is 28.3. The first kappa shape index (κ1) is 28.0. The second-order valence-electron chi connectivity index (χ2n) is 9.33. The van der Waals surface area contributed by atoms with Crippen LogP contribution in [0.2, 0.25) is 13.1 Å². The van der Waals surface area contributed by atoms with E-state index in [-0.39, 0.29) is 5.76 Å². The summed E-state index contributed by atoms with van der Waals surface area (Å²) in [6.45, 7) is 13.2. The molecule has 0 heterocycles. The Morgan fingerprint density at radius 3 is 2.46 bits per heavy atom. The first-order valence-corrected chi connectivity index (χ1v) is 14.8. The summed E-state index contributed by atoms with van der Waals surface area (Å²) in [4.78, 5) is 17.8. The molecule has 8 heteroatoms. The Morgan fingerprint density at radius 2 is 1.80 bits per heavy atom. The number of oxime groups is 1. The summed E-state index contributed by atoms with van der Waals surface area (Å²) in [7, 11) is 0.735. The van der Waals surface area contributed by atoms with Gasteiger partial charge in [0.05, 0.1) is 26.5 Å².